The fourth-order valence-corrected chi connectivity index (χ4v) is 2.15. The minimum atomic E-state index is 0.573. The molecule has 0 aliphatic heterocycles. The van der Waals surface area contributed by atoms with E-state index in [2.05, 4.69) is 15.3 Å². The van der Waals surface area contributed by atoms with Crippen molar-refractivity contribution < 1.29 is 0 Å². The zero-order valence-corrected chi connectivity index (χ0v) is 10.3. The van der Waals surface area contributed by atoms with Gasteiger partial charge in [0.05, 0.1) is 5.01 Å². The van der Waals surface area contributed by atoms with Gasteiger partial charge in [-0.25, -0.2) is 9.97 Å². The van der Waals surface area contributed by atoms with Crippen LogP contribution in [0.4, 0.5) is 0 Å². The molecule has 0 atom stereocenters. The van der Waals surface area contributed by atoms with Gasteiger partial charge >= 0.3 is 0 Å². The molecule has 0 aliphatic carbocycles. The molecule has 1 N–H and O–H groups in total. The lowest BCUT2D eigenvalue weighted by Crippen LogP contribution is -2.17. The molecule has 0 saturated heterocycles. The Hall–Kier alpha value is -0.970. The Bertz CT molecular complexity index is 431. The summed E-state index contributed by atoms with van der Waals surface area (Å²) in [5, 5.41) is 7.05. The molecule has 0 bridgehead atoms. The van der Waals surface area contributed by atoms with E-state index >= 15 is 0 Å². The van der Waals surface area contributed by atoms with E-state index in [4.69, 9.17) is 11.6 Å². The zero-order chi connectivity index (χ0) is 11.2. The molecule has 16 heavy (non-hydrogen) atoms. The summed E-state index contributed by atoms with van der Waals surface area (Å²) >= 11 is 7.62. The molecule has 3 nitrogen and oxygen atoms in total. The van der Waals surface area contributed by atoms with Crippen molar-refractivity contribution in [1.82, 2.24) is 15.3 Å². The lowest BCUT2D eigenvalue weighted by Gasteiger charge is -2.04. The van der Waals surface area contributed by atoms with Gasteiger partial charge in [0.1, 0.15) is 5.15 Å². The molecule has 5 heteroatoms. The van der Waals surface area contributed by atoms with E-state index in [1.807, 2.05) is 23.7 Å². The summed E-state index contributed by atoms with van der Waals surface area (Å²) in [6.07, 6.45) is 4.48. The summed E-state index contributed by atoms with van der Waals surface area (Å²) in [5.41, 5.74) is 1.03. The second-order valence-electron chi connectivity index (χ2n) is 3.31. The van der Waals surface area contributed by atoms with Crippen molar-refractivity contribution in [2.24, 2.45) is 0 Å². The van der Waals surface area contributed by atoms with Crippen molar-refractivity contribution in [3.8, 4) is 0 Å². The van der Waals surface area contributed by atoms with E-state index in [1.54, 1.807) is 17.5 Å². The smallest absolute Gasteiger partial charge is 0.133 e. The first-order valence-corrected chi connectivity index (χ1v) is 6.30. The number of aromatic nitrogens is 2. The summed E-state index contributed by atoms with van der Waals surface area (Å²) in [5.74, 6) is 0. The molecule has 0 unspecified atom stereocenters. The standard InChI is InChI=1S/C11H12ClN3S/c12-11-9(2-1-4-15-11)8-13-5-3-10-14-6-7-16-10/h1-2,4,6-7,13H,3,5,8H2. The molecule has 2 rings (SSSR count). The summed E-state index contributed by atoms with van der Waals surface area (Å²) in [6.45, 7) is 1.65. The monoisotopic (exact) mass is 253 g/mol. The van der Waals surface area contributed by atoms with Gasteiger partial charge in [-0.2, -0.15) is 0 Å². The van der Waals surface area contributed by atoms with Crippen molar-refractivity contribution in [2.45, 2.75) is 13.0 Å². The number of thiazole rings is 1. The van der Waals surface area contributed by atoms with Crippen LogP contribution in [0.2, 0.25) is 5.15 Å². The summed E-state index contributed by atoms with van der Waals surface area (Å²) in [7, 11) is 0. The van der Waals surface area contributed by atoms with Gasteiger partial charge in [0, 0.05) is 42.8 Å². The van der Waals surface area contributed by atoms with Crippen LogP contribution in [0.25, 0.3) is 0 Å². The molecule has 2 heterocycles. The topological polar surface area (TPSA) is 37.8 Å². The Morgan fingerprint density at radius 3 is 3.00 bits per heavy atom. The molecular formula is C11H12ClN3S. The summed E-state index contributed by atoms with van der Waals surface area (Å²) in [4.78, 5) is 8.24. The Morgan fingerprint density at radius 1 is 1.31 bits per heavy atom. The van der Waals surface area contributed by atoms with Crippen LogP contribution in [0.1, 0.15) is 10.6 Å². The molecule has 0 saturated carbocycles. The molecule has 0 spiro atoms. The van der Waals surface area contributed by atoms with Crippen LogP contribution >= 0.6 is 22.9 Å². The fraction of sp³-hybridized carbons (Fsp3) is 0.273. The maximum absolute atomic E-state index is 5.94. The van der Waals surface area contributed by atoms with Gasteiger partial charge in [-0.3, -0.25) is 0 Å². The zero-order valence-electron chi connectivity index (χ0n) is 8.69. The third-order valence-corrected chi connectivity index (χ3v) is 3.33. The van der Waals surface area contributed by atoms with Crippen LogP contribution < -0.4 is 5.32 Å². The number of hydrogen-bond acceptors (Lipinski definition) is 4. The third kappa shape index (κ3) is 3.27. The summed E-state index contributed by atoms with van der Waals surface area (Å²) < 4.78 is 0. The first-order valence-electron chi connectivity index (χ1n) is 5.05. The second kappa shape index (κ2) is 5.94. The molecule has 0 amide bonds. The summed E-state index contributed by atoms with van der Waals surface area (Å²) in [6, 6.07) is 3.87. The minimum absolute atomic E-state index is 0.573. The quantitative estimate of drug-likeness (QED) is 0.657. The van der Waals surface area contributed by atoms with E-state index in [0.29, 0.717) is 5.15 Å². The average molecular weight is 254 g/mol. The van der Waals surface area contributed by atoms with E-state index in [9.17, 15) is 0 Å². The van der Waals surface area contributed by atoms with E-state index < -0.39 is 0 Å². The molecule has 0 aromatic carbocycles. The third-order valence-electron chi connectivity index (χ3n) is 2.15. The van der Waals surface area contributed by atoms with Crippen molar-refractivity contribution in [3.05, 3.63) is 45.6 Å². The van der Waals surface area contributed by atoms with E-state index in [0.717, 1.165) is 30.1 Å². The molecule has 2 aromatic heterocycles. The Morgan fingerprint density at radius 2 is 2.25 bits per heavy atom. The predicted octanol–water partition coefficient (Wildman–Crippen LogP) is 2.52. The maximum atomic E-state index is 5.94. The average Bonchev–Trinajstić information content (AvgIpc) is 2.79. The second-order valence-corrected chi connectivity index (χ2v) is 4.64. The predicted molar refractivity (Wildman–Crippen MR) is 66.8 cm³/mol. The fourth-order valence-electron chi connectivity index (χ4n) is 1.35. The number of rotatable bonds is 5. The Balaban J connectivity index is 1.74. The maximum Gasteiger partial charge on any atom is 0.133 e. The lowest BCUT2D eigenvalue weighted by atomic mass is 10.3. The number of nitrogens with zero attached hydrogens (tertiary/aromatic N) is 2. The molecular weight excluding hydrogens is 242 g/mol. The van der Waals surface area contributed by atoms with Gasteiger partial charge in [0.15, 0.2) is 0 Å². The number of nitrogens with one attached hydrogen (secondary N) is 1. The van der Waals surface area contributed by atoms with Gasteiger partial charge in [-0.15, -0.1) is 11.3 Å². The van der Waals surface area contributed by atoms with Gasteiger partial charge in [0.2, 0.25) is 0 Å². The van der Waals surface area contributed by atoms with Gasteiger partial charge in [-0.05, 0) is 6.07 Å². The van der Waals surface area contributed by atoms with Crippen LogP contribution in [0.3, 0.4) is 0 Å². The largest absolute Gasteiger partial charge is 0.312 e. The highest BCUT2D eigenvalue weighted by atomic mass is 35.5. The normalized spacial score (nSPS) is 10.6. The SMILES string of the molecule is Clc1ncccc1CNCCc1nccs1. The van der Waals surface area contributed by atoms with Crippen LogP contribution in [0.15, 0.2) is 29.9 Å². The molecule has 0 radical (unpaired) electrons. The first kappa shape index (κ1) is 11.5. The van der Waals surface area contributed by atoms with E-state index in [-0.39, 0.29) is 0 Å². The van der Waals surface area contributed by atoms with Gasteiger partial charge < -0.3 is 5.32 Å². The lowest BCUT2D eigenvalue weighted by molar-refractivity contribution is 0.684. The van der Waals surface area contributed by atoms with Crippen molar-refractivity contribution in [1.29, 1.82) is 0 Å². The number of halogens is 1. The Labute approximate surface area is 104 Å². The highest BCUT2D eigenvalue weighted by Gasteiger charge is 1.99. The van der Waals surface area contributed by atoms with Gasteiger partial charge in [0.25, 0.3) is 0 Å². The van der Waals surface area contributed by atoms with Crippen LogP contribution in [0.5, 0.6) is 0 Å². The highest BCUT2D eigenvalue weighted by molar-refractivity contribution is 7.09. The van der Waals surface area contributed by atoms with Crippen molar-refractivity contribution in [2.75, 3.05) is 6.54 Å². The highest BCUT2D eigenvalue weighted by Crippen LogP contribution is 2.10. The van der Waals surface area contributed by atoms with Crippen LogP contribution in [-0.4, -0.2) is 16.5 Å². The first-order chi connectivity index (χ1) is 7.86. The van der Waals surface area contributed by atoms with Crippen molar-refractivity contribution in [3.63, 3.8) is 0 Å². The van der Waals surface area contributed by atoms with Crippen LogP contribution in [-0.2, 0) is 13.0 Å². The van der Waals surface area contributed by atoms with Crippen LogP contribution in [0, 0.1) is 0 Å². The van der Waals surface area contributed by atoms with Gasteiger partial charge in [-0.1, -0.05) is 17.7 Å². The van der Waals surface area contributed by atoms with E-state index in [1.165, 1.54) is 0 Å². The molecule has 84 valence electrons. The Kier molecular flexibility index (Phi) is 4.27. The molecule has 2 aromatic rings. The van der Waals surface area contributed by atoms with Crippen molar-refractivity contribution >= 4 is 22.9 Å². The number of pyridine rings is 1. The molecule has 0 aliphatic rings. The minimum Gasteiger partial charge on any atom is -0.312 e. The molecule has 0 fully saturated rings. The number of hydrogen-bond donors (Lipinski definition) is 1.